The maximum absolute atomic E-state index is 14.2. The Balaban J connectivity index is 1.48. The van der Waals surface area contributed by atoms with Crippen molar-refractivity contribution < 1.29 is 28.3 Å². The minimum Gasteiger partial charge on any atom is -0.460 e. The number of rotatable bonds is 10. The topological polar surface area (TPSA) is 97.7 Å². The minimum atomic E-state index is -0.606. The number of fused-ring (bicyclic) bond motifs is 1. The third kappa shape index (κ3) is 7.27. The van der Waals surface area contributed by atoms with E-state index in [2.05, 4.69) is 5.32 Å². The number of halogens is 2. The second-order valence-electron chi connectivity index (χ2n) is 11.1. The van der Waals surface area contributed by atoms with Gasteiger partial charge < -0.3 is 19.5 Å². The zero-order chi connectivity index (χ0) is 29.2. The highest BCUT2D eigenvalue weighted by Gasteiger charge is 2.34. The van der Waals surface area contributed by atoms with Gasteiger partial charge in [-0.05, 0) is 64.3 Å². The van der Waals surface area contributed by atoms with Crippen LogP contribution in [0.25, 0.3) is 10.9 Å². The second-order valence-corrected chi connectivity index (χ2v) is 11.5. The first-order chi connectivity index (χ1) is 18.8. The summed E-state index contributed by atoms with van der Waals surface area (Å²) in [6.45, 7) is 6.57. The first-order valence-corrected chi connectivity index (χ1v) is 13.5. The Hall–Kier alpha value is -3.72. The van der Waals surface area contributed by atoms with Gasteiger partial charge in [0, 0.05) is 40.8 Å². The number of esters is 1. The van der Waals surface area contributed by atoms with Gasteiger partial charge in [-0.1, -0.05) is 29.8 Å². The van der Waals surface area contributed by atoms with Crippen LogP contribution in [0.3, 0.4) is 0 Å². The molecule has 212 valence electrons. The molecular formula is C30H33ClFN3O5. The van der Waals surface area contributed by atoms with E-state index in [9.17, 15) is 23.6 Å². The lowest BCUT2D eigenvalue weighted by Gasteiger charge is -2.22. The highest BCUT2D eigenvalue weighted by atomic mass is 35.5. The van der Waals surface area contributed by atoms with E-state index in [1.165, 1.54) is 24.0 Å². The van der Waals surface area contributed by atoms with Crippen LogP contribution in [0, 0.1) is 5.82 Å². The average Bonchev–Trinajstić information content (AvgIpc) is 3.64. The number of hydrogen-bond donors (Lipinski definition) is 1. The molecule has 1 fully saturated rings. The van der Waals surface area contributed by atoms with Gasteiger partial charge in [0.2, 0.25) is 11.8 Å². The Bertz CT molecular complexity index is 1470. The molecule has 1 aliphatic rings. The molecule has 0 saturated heterocycles. The van der Waals surface area contributed by atoms with Gasteiger partial charge in [-0.3, -0.25) is 19.2 Å². The molecular weight excluding hydrogens is 537 g/mol. The van der Waals surface area contributed by atoms with Crippen LogP contribution in [0.4, 0.5) is 4.39 Å². The lowest BCUT2D eigenvalue weighted by molar-refractivity contribution is -0.153. The zero-order valence-corrected chi connectivity index (χ0v) is 23.8. The lowest BCUT2D eigenvalue weighted by atomic mass is 10.1. The monoisotopic (exact) mass is 569 g/mol. The van der Waals surface area contributed by atoms with Crippen LogP contribution in [0.5, 0.6) is 0 Å². The van der Waals surface area contributed by atoms with Crippen molar-refractivity contribution in [2.45, 2.75) is 71.7 Å². The summed E-state index contributed by atoms with van der Waals surface area (Å²) in [5.41, 5.74) is 1.45. The SMILES string of the molecule is CC(=O)c1cn(CC(=O)N(CC(=O)NCc2cccc(Cl)c2F)C2CC2)c2ccc(CC(=O)OC(C)(C)C)cc12. The lowest BCUT2D eigenvalue weighted by Crippen LogP contribution is -2.43. The number of aromatic nitrogens is 1. The van der Waals surface area contributed by atoms with Gasteiger partial charge in [0.1, 0.15) is 18.0 Å². The van der Waals surface area contributed by atoms with Gasteiger partial charge in [0.05, 0.1) is 18.0 Å². The molecule has 1 aliphatic carbocycles. The van der Waals surface area contributed by atoms with Gasteiger partial charge in [-0.2, -0.15) is 0 Å². The average molecular weight is 570 g/mol. The number of hydrogen-bond acceptors (Lipinski definition) is 5. The number of ketones is 1. The normalized spacial score (nSPS) is 13.2. The summed E-state index contributed by atoms with van der Waals surface area (Å²) >= 11 is 5.81. The third-order valence-corrected chi connectivity index (χ3v) is 6.82. The van der Waals surface area contributed by atoms with Gasteiger partial charge >= 0.3 is 5.97 Å². The quantitative estimate of drug-likeness (QED) is 0.279. The smallest absolute Gasteiger partial charge is 0.310 e. The molecule has 1 heterocycles. The van der Waals surface area contributed by atoms with Crippen molar-refractivity contribution in [2.24, 2.45) is 0 Å². The van der Waals surface area contributed by atoms with E-state index in [0.717, 1.165) is 12.8 Å². The highest BCUT2D eigenvalue weighted by Crippen LogP contribution is 2.29. The Morgan fingerprint density at radius 3 is 2.52 bits per heavy atom. The predicted octanol–water partition coefficient (Wildman–Crippen LogP) is 4.83. The number of nitrogens with one attached hydrogen (secondary N) is 1. The number of amides is 2. The second kappa shape index (κ2) is 11.8. The van der Waals surface area contributed by atoms with Gasteiger partial charge in [0.25, 0.3) is 0 Å². The number of benzene rings is 2. The van der Waals surface area contributed by atoms with Crippen LogP contribution >= 0.6 is 11.6 Å². The van der Waals surface area contributed by atoms with Gasteiger partial charge in [-0.15, -0.1) is 0 Å². The molecule has 4 rings (SSSR count). The molecule has 0 unspecified atom stereocenters. The molecule has 8 nitrogen and oxygen atoms in total. The van der Waals surface area contributed by atoms with Gasteiger partial charge in [-0.25, -0.2) is 4.39 Å². The van der Waals surface area contributed by atoms with E-state index >= 15 is 0 Å². The Morgan fingerprint density at radius 2 is 1.88 bits per heavy atom. The van der Waals surface area contributed by atoms with Crippen LogP contribution in [0.2, 0.25) is 5.02 Å². The van der Waals surface area contributed by atoms with Crippen LogP contribution in [-0.4, -0.2) is 51.2 Å². The fourth-order valence-corrected chi connectivity index (χ4v) is 4.74. The minimum absolute atomic E-state index is 0.0256. The van der Waals surface area contributed by atoms with E-state index in [1.807, 2.05) is 0 Å². The molecule has 0 spiro atoms. The molecule has 3 aromatic rings. The van der Waals surface area contributed by atoms with E-state index in [0.29, 0.717) is 22.0 Å². The van der Waals surface area contributed by atoms with E-state index in [1.54, 1.807) is 55.8 Å². The molecule has 0 bridgehead atoms. The van der Waals surface area contributed by atoms with E-state index in [4.69, 9.17) is 16.3 Å². The van der Waals surface area contributed by atoms with Crippen LogP contribution in [0.15, 0.2) is 42.6 Å². The maximum Gasteiger partial charge on any atom is 0.310 e. The fraction of sp³-hybridized carbons (Fsp3) is 0.400. The number of carbonyl (C=O) groups excluding carboxylic acids is 4. The Morgan fingerprint density at radius 1 is 1.15 bits per heavy atom. The summed E-state index contributed by atoms with van der Waals surface area (Å²) in [7, 11) is 0. The number of ether oxygens (including phenoxy) is 1. The molecule has 0 atom stereocenters. The fourth-order valence-electron chi connectivity index (χ4n) is 4.54. The van der Waals surface area contributed by atoms with E-state index in [-0.39, 0.29) is 60.3 Å². The molecule has 2 aromatic carbocycles. The molecule has 0 aliphatic heterocycles. The maximum atomic E-state index is 14.2. The van der Waals surface area contributed by atoms with Gasteiger partial charge in [0.15, 0.2) is 5.78 Å². The molecule has 10 heteroatoms. The van der Waals surface area contributed by atoms with Crippen molar-refractivity contribution in [3.8, 4) is 0 Å². The Labute approximate surface area is 237 Å². The van der Waals surface area contributed by atoms with Crippen molar-refractivity contribution in [1.82, 2.24) is 14.8 Å². The van der Waals surface area contributed by atoms with Crippen LogP contribution < -0.4 is 5.32 Å². The summed E-state index contributed by atoms with van der Waals surface area (Å²) in [6.07, 6.45) is 3.27. The molecule has 2 amide bonds. The zero-order valence-electron chi connectivity index (χ0n) is 23.1. The first kappa shape index (κ1) is 29.3. The third-order valence-electron chi connectivity index (χ3n) is 6.53. The number of carbonyl (C=O) groups is 4. The summed E-state index contributed by atoms with van der Waals surface area (Å²) in [5, 5.41) is 3.28. The largest absolute Gasteiger partial charge is 0.460 e. The molecule has 1 aromatic heterocycles. The summed E-state index contributed by atoms with van der Waals surface area (Å²) in [5.74, 6) is -1.81. The summed E-state index contributed by atoms with van der Waals surface area (Å²) < 4.78 is 21.3. The standard InChI is InChI=1S/C30H33ClFN3O5/c1-18(36)23-15-34(25-11-8-19(12-22(23)25)13-28(39)40-30(2,3)4)17-27(38)35(21-9-10-21)16-26(37)33-14-20-6-5-7-24(31)29(20)32/h5-8,11-12,15,21H,9-10,13-14,16-17H2,1-4H3,(H,33,37). The van der Waals surface area contributed by atoms with Crippen molar-refractivity contribution in [3.05, 3.63) is 70.1 Å². The van der Waals surface area contributed by atoms with Crippen LogP contribution in [0.1, 0.15) is 62.0 Å². The van der Waals surface area contributed by atoms with E-state index < -0.39 is 17.3 Å². The highest BCUT2D eigenvalue weighted by molar-refractivity contribution is 6.30. The molecule has 40 heavy (non-hydrogen) atoms. The summed E-state index contributed by atoms with van der Waals surface area (Å²) in [4.78, 5) is 52.3. The van der Waals surface area contributed by atoms with Crippen molar-refractivity contribution in [3.63, 3.8) is 0 Å². The van der Waals surface area contributed by atoms with Crippen molar-refractivity contribution >= 4 is 46.1 Å². The number of nitrogens with zero attached hydrogens (tertiary/aromatic N) is 2. The predicted molar refractivity (Wildman–Crippen MR) is 149 cm³/mol. The molecule has 0 radical (unpaired) electrons. The molecule has 1 saturated carbocycles. The Kier molecular flexibility index (Phi) is 8.63. The summed E-state index contributed by atoms with van der Waals surface area (Å²) in [6, 6.07) is 9.85. The first-order valence-electron chi connectivity index (χ1n) is 13.2. The van der Waals surface area contributed by atoms with Crippen molar-refractivity contribution in [1.29, 1.82) is 0 Å². The molecule has 1 N–H and O–H groups in total. The number of Topliss-reactive ketones (excluding diaryl/α,β-unsaturated/α-hetero) is 1. The van der Waals surface area contributed by atoms with Crippen LogP contribution in [-0.2, 0) is 38.6 Å². The van der Waals surface area contributed by atoms with Crippen molar-refractivity contribution in [2.75, 3.05) is 6.54 Å².